The first kappa shape index (κ1) is 16.2. The highest BCUT2D eigenvalue weighted by atomic mass is 16.6. The van der Waals surface area contributed by atoms with E-state index in [1.54, 1.807) is 0 Å². The van der Waals surface area contributed by atoms with Gasteiger partial charge in [-0.3, -0.25) is 0 Å². The van der Waals surface area contributed by atoms with Crippen molar-refractivity contribution in [1.82, 2.24) is 10.6 Å². The molecule has 1 amide bonds. The van der Waals surface area contributed by atoms with Crippen LogP contribution in [-0.4, -0.2) is 43.5 Å². The Kier molecular flexibility index (Phi) is 6.58. The number of alkyl carbamates (subject to hydrolysis) is 1. The highest BCUT2D eigenvalue weighted by Gasteiger charge is 2.17. The van der Waals surface area contributed by atoms with Gasteiger partial charge >= 0.3 is 6.09 Å². The molecule has 1 aliphatic heterocycles. The molecule has 112 valence electrons. The summed E-state index contributed by atoms with van der Waals surface area (Å²) >= 11 is 0. The van der Waals surface area contributed by atoms with E-state index in [2.05, 4.69) is 10.6 Å². The number of rotatable bonds is 6. The zero-order valence-electron chi connectivity index (χ0n) is 12.6. The summed E-state index contributed by atoms with van der Waals surface area (Å²) in [5.74, 6) is 0. The first-order valence-electron chi connectivity index (χ1n) is 7.18. The number of hydrogen-bond acceptors (Lipinski definition) is 4. The molecular formula is C14H28N2O3. The molecule has 0 spiro atoms. The third-order valence-corrected chi connectivity index (χ3v) is 2.93. The fourth-order valence-electron chi connectivity index (χ4n) is 1.99. The van der Waals surface area contributed by atoms with E-state index in [1.807, 2.05) is 27.7 Å². The van der Waals surface area contributed by atoms with Crippen molar-refractivity contribution in [2.24, 2.45) is 0 Å². The highest BCUT2D eigenvalue weighted by Crippen LogP contribution is 2.14. The molecule has 2 atom stereocenters. The monoisotopic (exact) mass is 272 g/mol. The van der Waals surface area contributed by atoms with Crippen molar-refractivity contribution in [1.29, 1.82) is 0 Å². The first-order chi connectivity index (χ1) is 8.87. The normalized spacial score (nSPS) is 21.2. The van der Waals surface area contributed by atoms with Crippen molar-refractivity contribution in [2.45, 2.75) is 64.7 Å². The van der Waals surface area contributed by atoms with Gasteiger partial charge in [0, 0.05) is 19.2 Å². The summed E-state index contributed by atoms with van der Waals surface area (Å²) in [7, 11) is 0. The van der Waals surface area contributed by atoms with E-state index in [0.717, 1.165) is 19.6 Å². The fourth-order valence-corrected chi connectivity index (χ4v) is 1.99. The van der Waals surface area contributed by atoms with Gasteiger partial charge in [0.25, 0.3) is 0 Å². The smallest absolute Gasteiger partial charge is 0.407 e. The van der Waals surface area contributed by atoms with Crippen molar-refractivity contribution >= 4 is 6.09 Å². The Morgan fingerprint density at radius 2 is 2.21 bits per heavy atom. The Morgan fingerprint density at radius 3 is 2.79 bits per heavy atom. The van der Waals surface area contributed by atoms with Crippen LogP contribution in [0.5, 0.6) is 0 Å². The minimum absolute atomic E-state index is 0.230. The van der Waals surface area contributed by atoms with Crippen LogP contribution in [0, 0.1) is 0 Å². The summed E-state index contributed by atoms with van der Waals surface area (Å²) < 4.78 is 10.7. The molecule has 1 heterocycles. The van der Waals surface area contributed by atoms with Crippen molar-refractivity contribution in [3.05, 3.63) is 0 Å². The Hall–Kier alpha value is -0.810. The van der Waals surface area contributed by atoms with Crippen LogP contribution >= 0.6 is 0 Å². The van der Waals surface area contributed by atoms with Crippen LogP contribution in [0.1, 0.15) is 47.0 Å². The molecule has 0 bridgehead atoms. The molecular weight excluding hydrogens is 244 g/mol. The third-order valence-electron chi connectivity index (χ3n) is 2.93. The summed E-state index contributed by atoms with van der Waals surface area (Å²) in [4.78, 5) is 11.5. The maximum Gasteiger partial charge on any atom is 0.407 e. The standard InChI is InChI=1S/C14H28N2O3/c1-11(10-16-13(17)19-14(2,3)4)15-8-7-12-6-5-9-18-12/h11-12,15H,5-10H2,1-4H3,(H,16,17). The average Bonchev–Trinajstić information content (AvgIpc) is 2.77. The average molecular weight is 272 g/mol. The van der Waals surface area contributed by atoms with Crippen LogP contribution in [0.3, 0.4) is 0 Å². The van der Waals surface area contributed by atoms with Crippen molar-refractivity contribution < 1.29 is 14.3 Å². The van der Waals surface area contributed by atoms with Crippen LogP contribution in [0.4, 0.5) is 4.79 Å². The summed E-state index contributed by atoms with van der Waals surface area (Å²) in [6.45, 7) is 10.0. The molecule has 1 aliphatic rings. The van der Waals surface area contributed by atoms with E-state index in [-0.39, 0.29) is 12.1 Å². The molecule has 5 heteroatoms. The molecule has 2 unspecified atom stereocenters. The second-order valence-electron chi connectivity index (χ2n) is 6.16. The molecule has 0 aromatic carbocycles. The van der Waals surface area contributed by atoms with Gasteiger partial charge < -0.3 is 20.1 Å². The van der Waals surface area contributed by atoms with Crippen LogP contribution in [0.2, 0.25) is 0 Å². The third kappa shape index (κ3) is 8.06. The van der Waals surface area contributed by atoms with E-state index in [9.17, 15) is 4.79 Å². The molecule has 0 aromatic heterocycles. The number of nitrogens with one attached hydrogen (secondary N) is 2. The molecule has 1 fully saturated rings. The van der Waals surface area contributed by atoms with Gasteiger partial charge in [-0.2, -0.15) is 0 Å². The van der Waals surface area contributed by atoms with Gasteiger partial charge in [0.05, 0.1) is 6.10 Å². The van der Waals surface area contributed by atoms with Crippen molar-refractivity contribution in [3.8, 4) is 0 Å². The number of amides is 1. The molecule has 0 aliphatic carbocycles. The van der Waals surface area contributed by atoms with E-state index in [0.29, 0.717) is 12.6 Å². The van der Waals surface area contributed by atoms with Gasteiger partial charge in [-0.05, 0) is 53.5 Å². The predicted octanol–water partition coefficient (Wildman–Crippen LogP) is 2.06. The van der Waals surface area contributed by atoms with Crippen LogP contribution in [0.25, 0.3) is 0 Å². The van der Waals surface area contributed by atoms with E-state index in [4.69, 9.17) is 9.47 Å². The Labute approximate surface area is 116 Å². The van der Waals surface area contributed by atoms with Crippen LogP contribution in [-0.2, 0) is 9.47 Å². The first-order valence-corrected chi connectivity index (χ1v) is 7.18. The second kappa shape index (κ2) is 7.70. The molecule has 0 saturated carbocycles. The summed E-state index contributed by atoms with van der Waals surface area (Å²) in [6, 6.07) is 0.230. The molecule has 2 N–H and O–H groups in total. The highest BCUT2D eigenvalue weighted by molar-refractivity contribution is 5.67. The predicted molar refractivity (Wildman–Crippen MR) is 75.3 cm³/mol. The van der Waals surface area contributed by atoms with Gasteiger partial charge in [-0.1, -0.05) is 0 Å². The van der Waals surface area contributed by atoms with Crippen LogP contribution < -0.4 is 10.6 Å². The molecule has 19 heavy (non-hydrogen) atoms. The zero-order chi connectivity index (χ0) is 14.3. The molecule has 1 rings (SSSR count). The van der Waals surface area contributed by atoms with Crippen LogP contribution in [0.15, 0.2) is 0 Å². The molecule has 5 nitrogen and oxygen atoms in total. The van der Waals surface area contributed by atoms with Gasteiger partial charge in [-0.15, -0.1) is 0 Å². The lowest BCUT2D eigenvalue weighted by molar-refractivity contribution is 0.0522. The maximum absolute atomic E-state index is 11.5. The van der Waals surface area contributed by atoms with Crippen molar-refractivity contribution in [3.63, 3.8) is 0 Å². The van der Waals surface area contributed by atoms with E-state index >= 15 is 0 Å². The second-order valence-corrected chi connectivity index (χ2v) is 6.16. The lowest BCUT2D eigenvalue weighted by atomic mass is 10.2. The van der Waals surface area contributed by atoms with Gasteiger partial charge in [0.1, 0.15) is 5.60 Å². The number of ether oxygens (including phenoxy) is 2. The van der Waals surface area contributed by atoms with Crippen molar-refractivity contribution in [2.75, 3.05) is 19.7 Å². The van der Waals surface area contributed by atoms with E-state index < -0.39 is 5.60 Å². The fraction of sp³-hybridized carbons (Fsp3) is 0.929. The van der Waals surface area contributed by atoms with E-state index in [1.165, 1.54) is 12.8 Å². The molecule has 1 saturated heterocycles. The minimum atomic E-state index is -0.444. The Bertz CT molecular complexity index is 270. The summed E-state index contributed by atoms with van der Waals surface area (Å²) in [6.07, 6.45) is 3.45. The topological polar surface area (TPSA) is 59.6 Å². The molecule has 0 aromatic rings. The quantitative estimate of drug-likeness (QED) is 0.777. The Balaban J connectivity index is 2.03. The van der Waals surface area contributed by atoms with Gasteiger partial charge in [-0.25, -0.2) is 4.79 Å². The maximum atomic E-state index is 11.5. The lowest BCUT2D eigenvalue weighted by Crippen LogP contribution is -2.41. The number of hydrogen-bond donors (Lipinski definition) is 2. The SMILES string of the molecule is CC(CNC(=O)OC(C)(C)C)NCCC1CCCO1. The zero-order valence-corrected chi connectivity index (χ0v) is 12.6. The minimum Gasteiger partial charge on any atom is -0.444 e. The largest absolute Gasteiger partial charge is 0.444 e. The lowest BCUT2D eigenvalue weighted by Gasteiger charge is -2.21. The summed E-state index contributed by atoms with van der Waals surface area (Å²) in [5.41, 5.74) is -0.444. The van der Waals surface area contributed by atoms with Gasteiger partial charge in [0.2, 0.25) is 0 Å². The summed E-state index contributed by atoms with van der Waals surface area (Å²) in [5, 5.41) is 6.14. The molecule has 0 radical (unpaired) electrons. The number of carbonyl (C=O) groups excluding carboxylic acids is 1. The van der Waals surface area contributed by atoms with Gasteiger partial charge in [0.15, 0.2) is 0 Å². The Morgan fingerprint density at radius 1 is 1.47 bits per heavy atom. The number of carbonyl (C=O) groups is 1.